The number of nitriles is 1. The van der Waals surface area contributed by atoms with Gasteiger partial charge in [-0.1, -0.05) is 41.4 Å². The standard InChI is InChI=1S/C28H25Cl2N3O4/c1-4-36-25-13-19(11-20(15-31)28(35)32-22-9-6-8-21(29)14-22)12-23(30)27(25)37-16-26(34)33-24-10-5-7-17(2)18(24)3/h5-14H,4,16H2,1-3H3,(H,32,35)(H,33,34)/b20-11-. The summed E-state index contributed by atoms with van der Waals surface area (Å²) in [5, 5.41) is 15.6. The predicted octanol–water partition coefficient (Wildman–Crippen LogP) is 6.57. The monoisotopic (exact) mass is 537 g/mol. The Balaban J connectivity index is 1.78. The molecule has 0 radical (unpaired) electrons. The number of nitrogens with zero attached hydrogens (tertiary/aromatic N) is 1. The maximum atomic E-state index is 12.6. The summed E-state index contributed by atoms with van der Waals surface area (Å²) in [7, 11) is 0. The summed E-state index contributed by atoms with van der Waals surface area (Å²) in [6, 6.07) is 17.2. The van der Waals surface area contributed by atoms with E-state index >= 15 is 0 Å². The van der Waals surface area contributed by atoms with Crippen molar-refractivity contribution >= 4 is 52.5 Å². The Labute approximate surface area is 225 Å². The maximum absolute atomic E-state index is 12.6. The van der Waals surface area contributed by atoms with Crippen LogP contribution in [0.3, 0.4) is 0 Å². The lowest BCUT2D eigenvalue weighted by Gasteiger charge is -2.15. The van der Waals surface area contributed by atoms with E-state index in [1.54, 1.807) is 37.3 Å². The minimum absolute atomic E-state index is 0.153. The molecular weight excluding hydrogens is 513 g/mol. The number of nitrogens with one attached hydrogen (secondary N) is 2. The summed E-state index contributed by atoms with van der Waals surface area (Å²) in [5.41, 5.74) is 3.47. The Hall–Kier alpha value is -3.99. The fraction of sp³-hybridized carbons (Fsp3) is 0.179. The zero-order valence-electron chi connectivity index (χ0n) is 20.5. The van der Waals surface area contributed by atoms with Gasteiger partial charge in [0.05, 0.1) is 11.6 Å². The summed E-state index contributed by atoms with van der Waals surface area (Å²) in [5.74, 6) is -0.519. The molecule has 3 aromatic rings. The number of benzene rings is 3. The van der Waals surface area contributed by atoms with E-state index in [4.69, 9.17) is 32.7 Å². The van der Waals surface area contributed by atoms with Crippen molar-refractivity contribution in [2.75, 3.05) is 23.8 Å². The van der Waals surface area contributed by atoms with Crippen LogP contribution in [0.5, 0.6) is 11.5 Å². The van der Waals surface area contributed by atoms with Gasteiger partial charge in [0.15, 0.2) is 18.1 Å². The van der Waals surface area contributed by atoms with Crippen molar-refractivity contribution in [1.29, 1.82) is 5.26 Å². The lowest BCUT2D eigenvalue weighted by atomic mass is 10.1. The molecule has 0 aliphatic heterocycles. The fourth-order valence-corrected chi connectivity index (χ4v) is 3.83. The van der Waals surface area contributed by atoms with Crippen LogP contribution in [0.25, 0.3) is 6.08 Å². The SMILES string of the molecule is CCOc1cc(/C=C(/C#N)C(=O)Nc2cccc(Cl)c2)cc(Cl)c1OCC(=O)Nc1cccc(C)c1C. The van der Waals surface area contributed by atoms with Crippen molar-refractivity contribution < 1.29 is 19.1 Å². The third kappa shape index (κ3) is 7.50. The average molecular weight is 538 g/mol. The Morgan fingerprint density at radius 2 is 1.78 bits per heavy atom. The molecule has 0 spiro atoms. The number of halogens is 2. The van der Waals surface area contributed by atoms with Gasteiger partial charge >= 0.3 is 0 Å². The molecule has 0 fully saturated rings. The van der Waals surface area contributed by atoms with Crippen LogP contribution in [0.1, 0.15) is 23.6 Å². The minimum atomic E-state index is -0.609. The highest BCUT2D eigenvalue weighted by atomic mass is 35.5. The second kappa shape index (κ2) is 12.8. The van der Waals surface area contributed by atoms with Crippen molar-refractivity contribution in [3.63, 3.8) is 0 Å². The van der Waals surface area contributed by atoms with Crippen molar-refractivity contribution in [3.8, 4) is 17.6 Å². The van der Waals surface area contributed by atoms with Gasteiger partial charge in [-0.15, -0.1) is 0 Å². The predicted molar refractivity (Wildman–Crippen MR) is 146 cm³/mol. The molecule has 0 atom stereocenters. The molecule has 0 bridgehead atoms. The van der Waals surface area contributed by atoms with Gasteiger partial charge in [0, 0.05) is 16.4 Å². The van der Waals surface area contributed by atoms with Crippen molar-refractivity contribution in [1.82, 2.24) is 0 Å². The van der Waals surface area contributed by atoms with Crippen LogP contribution in [-0.4, -0.2) is 25.0 Å². The second-order valence-corrected chi connectivity index (χ2v) is 8.83. The number of carbonyl (C=O) groups is 2. The summed E-state index contributed by atoms with van der Waals surface area (Å²) in [4.78, 5) is 25.1. The lowest BCUT2D eigenvalue weighted by Crippen LogP contribution is -2.21. The first kappa shape index (κ1) is 27.6. The molecule has 0 saturated carbocycles. The van der Waals surface area contributed by atoms with E-state index in [0.29, 0.717) is 28.6 Å². The van der Waals surface area contributed by atoms with Gasteiger partial charge in [0.1, 0.15) is 11.6 Å². The molecule has 190 valence electrons. The lowest BCUT2D eigenvalue weighted by molar-refractivity contribution is -0.118. The average Bonchev–Trinajstić information content (AvgIpc) is 2.85. The summed E-state index contributed by atoms with van der Waals surface area (Å²) < 4.78 is 11.4. The highest BCUT2D eigenvalue weighted by molar-refractivity contribution is 6.32. The van der Waals surface area contributed by atoms with E-state index in [0.717, 1.165) is 11.1 Å². The van der Waals surface area contributed by atoms with Crippen LogP contribution >= 0.6 is 23.2 Å². The molecule has 2 amide bonds. The fourth-order valence-electron chi connectivity index (χ4n) is 3.36. The molecule has 0 aliphatic rings. The van der Waals surface area contributed by atoms with E-state index in [9.17, 15) is 14.9 Å². The second-order valence-electron chi connectivity index (χ2n) is 7.98. The Morgan fingerprint density at radius 3 is 2.49 bits per heavy atom. The minimum Gasteiger partial charge on any atom is -0.490 e. The van der Waals surface area contributed by atoms with E-state index in [2.05, 4.69) is 10.6 Å². The molecule has 0 aromatic heterocycles. The smallest absolute Gasteiger partial charge is 0.266 e. The molecule has 37 heavy (non-hydrogen) atoms. The van der Waals surface area contributed by atoms with E-state index in [-0.39, 0.29) is 34.6 Å². The number of aryl methyl sites for hydroxylation is 1. The van der Waals surface area contributed by atoms with Crippen LogP contribution in [0.2, 0.25) is 10.0 Å². The van der Waals surface area contributed by atoms with Gasteiger partial charge in [0.2, 0.25) is 0 Å². The van der Waals surface area contributed by atoms with Crippen molar-refractivity contribution in [2.45, 2.75) is 20.8 Å². The third-order valence-electron chi connectivity index (χ3n) is 5.32. The summed E-state index contributed by atoms with van der Waals surface area (Å²) >= 11 is 12.4. The molecule has 0 saturated heterocycles. The van der Waals surface area contributed by atoms with Gasteiger partial charge in [-0.2, -0.15) is 5.26 Å². The Bertz CT molecular complexity index is 1400. The topological polar surface area (TPSA) is 100 Å². The highest BCUT2D eigenvalue weighted by Gasteiger charge is 2.16. The maximum Gasteiger partial charge on any atom is 0.266 e. The number of hydrogen-bond acceptors (Lipinski definition) is 5. The first-order chi connectivity index (χ1) is 17.7. The zero-order chi connectivity index (χ0) is 26.9. The van der Waals surface area contributed by atoms with Gasteiger partial charge in [-0.25, -0.2) is 0 Å². The number of amides is 2. The first-order valence-corrected chi connectivity index (χ1v) is 12.1. The molecule has 7 nitrogen and oxygen atoms in total. The molecule has 3 aromatic carbocycles. The first-order valence-electron chi connectivity index (χ1n) is 11.4. The highest BCUT2D eigenvalue weighted by Crippen LogP contribution is 2.37. The third-order valence-corrected chi connectivity index (χ3v) is 5.83. The van der Waals surface area contributed by atoms with Crippen molar-refractivity contribution in [3.05, 3.63) is 86.9 Å². The van der Waals surface area contributed by atoms with E-state index in [1.165, 1.54) is 12.1 Å². The number of anilines is 2. The molecule has 3 rings (SSSR count). The van der Waals surface area contributed by atoms with Crippen LogP contribution in [-0.2, 0) is 9.59 Å². The molecule has 0 unspecified atom stereocenters. The quantitative estimate of drug-likeness (QED) is 0.237. The molecule has 9 heteroatoms. The van der Waals surface area contributed by atoms with Gasteiger partial charge in [-0.05, 0) is 79.9 Å². The largest absolute Gasteiger partial charge is 0.490 e. The molecule has 2 N–H and O–H groups in total. The number of rotatable bonds is 9. The molecule has 0 aliphatic carbocycles. The van der Waals surface area contributed by atoms with Gasteiger partial charge < -0.3 is 20.1 Å². The van der Waals surface area contributed by atoms with Gasteiger partial charge in [0.25, 0.3) is 11.8 Å². The van der Waals surface area contributed by atoms with Crippen LogP contribution in [0.4, 0.5) is 11.4 Å². The van der Waals surface area contributed by atoms with Crippen LogP contribution < -0.4 is 20.1 Å². The molecule has 0 heterocycles. The van der Waals surface area contributed by atoms with E-state index in [1.807, 2.05) is 38.1 Å². The van der Waals surface area contributed by atoms with Gasteiger partial charge in [-0.3, -0.25) is 9.59 Å². The summed E-state index contributed by atoms with van der Waals surface area (Å²) in [6.07, 6.45) is 1.38. The number of carbonyl (C=O) groups excluding carboxylic acids is 2. The van der Waals surface area contributed by atoms with Crippen LogP contribution in [0.15, 0.2) is 60.2 Å². The Morgan fingerprint density at radius 1 is 1.03 bits per heavy atom. The number of ether oxygens (including phenoxy) is 2. The summed E-state index contributed by atoms with van der Waals surface area (Å²) in [6.45, 7) is 5.67. The Kier molecular flexibility index (Phi) is 9.56. The van der Waals surface area contributed by atoms with Crippen molar-refractivity contribution in [2.24, 2.45) is 0 Å². The normalized spacial score (nSPS) is 10.9. The number of hydrogen-bond donors (Lipinski definition) is 2. The van der Waals surface area contributed by atoms with E-state index < -0.39 is 5.91 Å². The molecular formula is C28H25Cl2N3O4. The zero-order valence-corrected chi connectivity index (χ0v) is 22.0. The van der Waals surface area contributed by atoms with Crippen LogP contribution in [0, 0.1) is 25.2 Å².